The minimum absolute atomic E-state index is 0.631. The standard InChI is InChI=1S/C8H9Cl2N/c1-11-5-6-3-2-4-7(9)8(6)10/h2-4,11H,5H2,1H3/p+1. The van der Waals surface area contributed by atoms with E-state index >= 15 is 0 Å². The first-order valence-corrected chi connectivity index (χ1v) is 4.22. The maximum Gasteiger partial charge on any atom is 0.103 e. The van der Waals surface area contributed by atoms with Crippen molar-refractivity contribution in [1.82, 2.24) is 0 Å². The Morgan fingerprint density at radius 1 is 1.36 bits per heavy atom. The SMILES string of the molecule is C[NH2+]Cc1cccc(Cl)c1Cl. The van der Waals surface area contributed by atoms with E-state index in [4.69, 9.17) is 23.2 Å². The molecule has 11 heavy (non-hydrogen) atoms. The number of rotatable bonds is 2. The van der Waals surface area contributed by atoms with Crippen molar-refractivity contribution in [2.24, 2.45) is 0 Å². The molecule has 2 N–H and O–H groups in total. The Labute approximate surface area is 76.3 Å². The van der Waals surface area contributed by atoms with Gasteiger partial charge in [0.2, 0.25) is 0 Å². The molecule has 0 aliphatic rings. The van der Waals surface area contributed by atoms with Crippen LogP contribution in [-0.2, 0) is 6.54 Å². The Morgan fingerprint density at radius 2 is 2.09 bits per heavy atom. The van der Waals surface area contributed by atoms with Gasteiger partial charge in [-0.15, -0.1) is 0 Å². The van der Waals surface area contributed by atoms with E-state index in [-0.39, 0.29) is 0 Å². The second kappa shape index (κ2) is 3.96. The molecule has 0 spiro atoms. The van der Waals surface area contributed by atoms with Crippen LogP contribution in [0, 0.1) is 0 Å². The molecule has 0 heterocycles. The summed E-state index contributed by atoms with van der Waals surface area (Å²) < 4.78 is 0. The number of nitrogens with two attached hydrogens (primary N) is 1. The Morgan fingerprint density at radius 3 is 2.73 bits per heavy atom. The molecule has 0 aromatic heterocycles. The highest BCUT2D eigenvalue weighted by Gasteiger charge is 2.03. The average molecular weight is 191 g/mol. The van der Waals surface area contributed by atoms with Crippen LogP contribution in [0.3, 0.4) is 0 Å². The van der Waals surface area contributed by atoms with Gasteiger partial charge < -0.3 is 5.32 Å². The Hall–Kier alpha value is -0.240. The molecule has 1 aromatic rings. The molecule has 0 saturated heterocycles. The number of quaternary nitrogens is 1. The van der Waals surface area contributed by atoms with Gasteiger partial charge in [-0.05, 0) is 6.07 Å². The molecule has 0 aliphatic heterocycles. The molecule has 0 saturated carbocycles. The van der Waals surface area contributed by atoms with Crippen molar-refractivity contribution in [2.75, 3.05) is 7.05 Å². The van der Waals surface area contributed by atoms with Gasteiger partial charge in [0.1, 0.15) is 6.54 Å². The fourth-order valence-corrected chi connectivity index (χ4v) is 1.32. The highest BCUT2D eigenvalue weighted by Crippen LogP contribution is 2.24. The van der Waals surface area contributed by atoms with E-state index < -0.39 is 0 Å². The van der Waals surface area contributed by atoms with Crippen LogP contribution in [-0.4, -0.2) is 7.05 Å². The molecule has 0 atom stereocenters. The average Bonchev–Trinajstić information content (AvgIpc) is 1.99. The second-order valence-electron chi connectivity index (χ2n) is 2.33. The Bertz CT molecular complexity index is 248. The summed E-state index contributed by atoms with van der Waals surface area (Å²) in [6.07, 6.45) is 0. The largest absolute Gasteiger partial charge is 0.345 e. The fourth-order valence-electron chi connectivity index (χ4n) is 0.926. The monoisotopic (exact) mass is 190 g/mol. The third kappa shape index (κ3) is 2.09. The fraction of sp³-hybridized carbons (Fsp3) is 0.250. The van der Waals surface area contributed by atoms with Crippen LogP contribution in [0.25, 0.3) is 0 Å². The molecule has 0 aliphatic carbocycles. The summed E-state index contributed by atoms with van der Waals surface area (Å²) in [4.78, 5) is 0. The van der Waals surface area contributed by atoms with E-state index in [1.54, 1.807) is 6.07 Å². The lowest BCUT2D eigenvalue weighted by atomic mass is 10.2. The number of hydrogen-bond donors (Lipinski definition) is 1. The van der Waals surface area contributed by atoms with Crippen molar-refractivity contribution in [1.29, 1.82) is 0 Å². The summed E-state index contributed by atoms with van der Waals surface area (Å²) in [5.74, 6) is 0. The lowest BCUT2D eigenvalue weighted by molar-refractivity contribution is -0.643. The molecule has 3 heteroatoms. The summed E-state index contributed by atoms with van der Waals surface area (Å²) in [6, 6.07) is 5.68. The maximum atomic E-state index is 5.92. The predicted octanol–water partition coefficient (Wildman–Crippen LogP) is 1.69. The molecule has 0 amide bonds. The molecule has 1 rings (SSSR count). The molecule has 0 bridgehead atoms. The van der Waals surface area contributed by atoms with Crippen LogP contribution >= 0.6 is 23.2 Å². The quantitative estimate of drug-likeness (QED) is 0.732. The van der Waals surface area contributed by atoms with Crippen molar-refractivity contribution in [2.45, 2.75) is 6.54 Å². The van der Waals surface area contributed by atoms with Gasteiger partial charge in [-0.2, -0.15) is 0 Å². The molecular formula is C8H10Cl2N+. The van der Waals surface area contributed by atoms with Crippen molar-refractivity contribution in [3.8, 4) is 0 Å². The van der Waals surface area contributed by atoms with Gasteiger partial charge in [-0.1, -0.05) is 35.3 Å². The van der Waals surface area contributed by atoms with Gasteiger partial charge in [0.15, 0.2) is 0 Å². The predicted molar refractivity (Wildman–Crippen MR) is 48.0 cm³/mol. The van der Waals surface area contributed by atoms with E-state index in [1.807, 2.05) is 19.2 Å². The lowest BCUT2D eigenvalue weighted by Crippen LogP contribution is -2.77. The highest BCUT2D eigenvalue weighted by molar-refractivity contribution is 6.42. The third-order valence-electron chi connectivity index (χ3n) is 1.46. The first-order valence-electron chi connectivity index (χ1n) is 3.46. The second-order valence-corrected chi connectivity index (χ2v) is 3.11. The van der Waals surface area contributed by atoms with E-state index in [0.29, 0.717) is 10.0 Å². The Kier molecular flexibility index (Phi) is 3.18. The van der Waals surface area contributed by atoms with Crippen LogP contribution < -0.4 is 5.32 Å². The van der Waals surface area contributed by atoms with Crippen molar-refractivity contribution in [3.05, 3.63) is 33.8 Å². The molecule has 0 fully saturated rings. The van der Waals surface area contributed by atoms with E-state index in [9.17, 15) is 0 Å². The van der Waals surface area contributed by atoms with Crippen LogP contribution in [0.15, 0.2) is 18.2 Å². The third-order valence-corrected chi connectivity index (χ3v) is 2.31. The number of benzene rings is 1. The van der Waals surface area contributed by atoms with E-state index in [1.165, 1.54) is 0 Å². The first kappa shape index (κ1) is 8.85. The minimum Gasteiger partial charge on any atom is -0.345 e. The maximum absolute atomic E-state index is 5.92. The molecule has 0 radical (unpaired) electrons. The zero-order valence-electron chi connectivity index (χ0n) is 6.27. The van der Waals surface area contributed by atoms with Crippen molar-refractivity contribution < 1.29 is 5.32 Å². The summed E-state index contributed by atoms with van der Waals surface area (Å²) in [5.41, 5.74) is 1.08. The molecule has 1 aromatic carbocycles. The summed E-state index contributed by atoms with van der Waals surface area (Å²) in [7, 11) is 2.00. The van der Waals surface area contributed by atoms with Crippen molar-refractivity contribution >= 4 is 23.2 Å². The van der Waals surface area contributed by atoms with Crippen LogP contribution in [0.5, 0.6) is 0 Å². The smallest absolute Gasteiger partial charge is 0.103 e. The molecule has 1 nitrogen and oxygen atoms in total. The first-order chi connectivity index (χ1) is 5.25. The lowest BCUT2D eigenvalue weighted by Gasteiger charge is -2.01. The number of hydrogen-bond acceptors (Lipinski definition) is 0. The summed E-state index contributed by atoms with van der Waals surface area (Å²) in [5, 5.41) is 3.36. The van der Waals surface area contributed by atoms with Crippen LogP contribution in [0.1, 0.15) is 5.56 Å². The highest BCUT2D eigenvalue weighted by atomic mass is 35.5. The van der Waals surface area contributed by atoms with Gasteiger partial charge in [-0.3, -0.25) is 0 Å². The molecular weight excluding hydrogens is 181 g/mol. The van der Waals surface area contributed by atoms with E-state index in [2.05, 4.69) is 5.32 Å². The zero-order valence-corrected chi connectivity index (χ0v) is 7.78. The topological polar surface area (TPSA) is 16.6 Å². The summed E-state index contributed by atoms with van der Waals surface area (Å²) in [6.45, 7) is 0.874. The van der Waals surface area contributed by atoms with Gasteiger partial charge in [0.05, 0.1) is 17.1 Å². The van der Waals surface area contributed by atoms with Crippen LogP contribution in [0.2, 0.25) is 10.0 Å². The van der Waals surface area contributed by atoms with Gasteiger partial charge in [0, 0.05) is 5.56 Å². The Balaban J connectivity index is 2.96. The van der Waals surface area contributed by atoms with Gasteiger partial charge in [0.25, 0.3) is 0 Å². The number of halogens is 2. The molecule has 0 unspecified atom stereocenters. The van der Waals surface area contributed by atoms with Crippen LogP contribution in [0.4, 0.5) is 0 Å². The summed E-state index contributed by atoms with van der Waals surface area (Å²) >= 11 is 11.7. The zero-order chi connectivity index (χ0) is 8.27. The van der Waals surface area contributed by atoms with Gasteiger partial charge >= 0.3 is 0 Å². The van der Waals surface area contributed by atoms with Gasteiger partial charge in [-0.25, -0.2) is 0 Å². The normalized spacial score (nSPS) is 10.1. The van der Waals surface area contributed by atoms with E-state index in [0.717, 1.165) is 12.1 Å². The molecule has 60 valence electrons. The minimum atomic E-state index is 0.631. The van der Waals surface area contributed by atoms with Crippen molar-refractivity contribution in [3.63, 3.8) is 0 Å².